The Balaban J connectivity index is 2.20. The summed E-state index contributed by atoms with van der Waals surface area (Å²) < 4.78 is 0. The number of nitrogens with one attached hydrogen (secondary N) is 1. The summed E-state index contributed by atoms with van der Waals surface area (Å²) in [6.07, 6.45) is 7.34. The Morgan fingerprint density at radius 1 is 1.33 bits per heavy atom. The molecule has 2 aliphatic heterocycles. The van der Waals surface area contributed by atoms with Crippen molar-refractivity contribution in [2.45, 2.75) is 0 Å². The lowest BCUT2D eigenvalue weighted by Crippen LogP contribution is -2.13. The molecule has 4 nitrogen and oxygen atoms in total. The molecule has 2 aliphatic rings. The highest BCUT2D eigenvalue weighted by Crippen LogP contribution is 2.41. The van der Waals surface area contributed by atoms with Crippen molar-refractivity contribution in [2.24, 2.45) is 4.99 Å². The van der Waals surface area contributed by atoms with Gasteiger partial charge in [0.05, 0.1) is 23.3 Å². The average Bonchev–Trinajstić information content (AvgIpc) is 2.43. The molecule has 15 heavy (non-hydrogen) atoms. The smallest absolute Gasteiger partial charge is 0.133 e. The zero-order valence-corrected chi connectivity index (χ0v) is 8.01. The molecular formula is C11H10N4. The average molecular weight is 198 g/mol. The van der Waals surface area contributed by atoms with Gasteiger partial charge in [0.25, 0.3) is 0 Å². The zero-order chi connectivity index (χ0) is 10.3. The predicted molar refractivity (Wildman–Crippen MR) is 62.7 cm³/mol. The second kappa shape index (κ2) is 2.88. The highest BCUT2D eigenvalue weighted by atomic mass is 15.3. The minimum absolute atomic E-state index is 0.759. The van der Waals surface area contributed by atoms with Crippen LogP contribution in [0.1, 0.15) is 0 Å². The molecule has 3 rings (SSSR count). The lowest BCUT2D eigenvalue weighted by molar-refractivity contribution is 1.22. The number of nitrogen functional groups attached to an aromatic ring is 1. The summed E-state index contributed by atoms with van der Waals surface area (Å²) in [6.45, 7) is 0. The summed E-state index contributed by atoms with van der Waals surface area (Å²) in [7, 11) is 0. The minimum Gasteiger partial charge on any atom is -0.397 e. The van der Waals surface area contributed by atoms with Crippen LogP contribution >= 0.6 is 0 Å². The zero-order valence-electron chi connectivity index (χ0n) is 8.01. The number of allylic oxidation sites excluding steroid dienone is 1. The van der Waals surface area contributed by atoms with Gasteiger partial charge >= 0.3 is 0 Å². The van der Waals surface area contributed by atoms with Gasteiger partial charge in [-0.1, -0.05) is 6.07 Å². The van der Waals surface area contributed by atoms with Gasteiger partial charge in [0, 0.05) is 12.4 Å². The largest absolute Gasteiger partial charge is 0.397 e. The summed E-state index contributed by atoms with van der Waals surface area (Å²) in [5.74, 6) is 0.924. The van der Waals surface area contributed by atoms with Crippen LogP contribution in [0, 0.1) is 0 Å². The summed E-state index contributed by atoms with van der Waals surface area (Å²) in [4.78, 5) is 6.11. The number of anilines is 3. The molecule has 0 fully saturated rings. The highest BCUT2D eigenvalue weighted by molar-refractivity contribution is 5.92. The van der Waals surface area contributed by atoms with E-state index < -0.39 is 0 Å². The van der Waals surface area contributed by atoms with Crippen LogP contribution in [0.2, 0.25) is 0 Å². The Kier molecular flexibility index (Phi) is 1.56. The molecule has 0 aliphatic carbocycles. The van der Waals surface area contributed by atoms with Crippen molar-refractivity contribution in [3.05, 3.63) is 42.5 Å². The lowest BCUT2D eigenvalue weighted by atomic mass is 10.2. The van der Waals surface area contributed by atoms with Crippen LogP contribution in [0.15, 0.2) is 47.5 Å². The van der Waals surface area contributed by atoms with Crippen molar-refractivity contribution >= 4 is 23.3 Å². The molecule has 0 atom stereocenters. The summed E-state index contributed by atoms with van der Waals surface area (Å²) in [5.41, 5.74) is 8.71. The second-order valence-electron chi connectivity index (χ2n) is 3.39. The summed E-state index contributed by atoms with van der Waals surface area (Å²) in [5, 5.41) is 3.26. The van der Waals surface area contributed by atoms with Crippen molar-refractivity contribution in [1.82, 2.24) is 0 Å². The molecule has 1 aromatic carbocycles. The maximum Gasteiger partial charge on any atom is 0.133 e. The molecule has 2 heterocycles. The molecule has 0 amide bonds. The maximum atomic E-state index is 5.95. The van der Waals surface area contributed by atoms with E-state index in [2.05, 4.69) is 10.3 Å². The van der Waals surface area contributed by atoms with Crippen LogP contribution in [0.4, 0.5) is 17.1 Å². The van der Waals surface area contributed by atoms with Gasteiger partial charge in [-0.05, 0) is 18.2 Å². The second-order valence-corrected chi connectivity index (χ2v) is 3.39. The first-order valence-corrected chi connectivity index (χ1v) is 4.71. The fraction of sp³-hybridized carbons (Fsp3) is 0. The van der Waals surface area contributed by atoms with E-state index in [0.717, 1.165) is 22.9 Å². The predicted octanol–water partition coefficient (Wildman–Crippen LogP) is 1.90. The van der Waals surface area contributed by atoms with Gasteiger partial charge in [-0.15, -0.1) is 0 Å². The number of nitrogens with zero attached hydrogens (tertiary/aromatic N) is 2. The number of nitrogens with two attached hydrogens (primary N) is 1. The summed E-state index contributed by atoms with van der Waals surface area (Å²) in [6, 6.07) is 5.82. The van der Waals surface area contributed by atoms with Crippen molar-refractivity contribution in [3.63, 3.8) is 0 Å². The van der Waals surface area contributed by atoms with E-state index in [1.807, 2.05) is 35.4 Å². The molecule has 0 unspecified atom stereocenters. The third kappa shape index (κ3) is 1.11. The standard InChI is InChI=1S/C11H10N4/c12-8-3-1-4-9-11(8)15-6-2-5-13-7-10(15)14-9/h1-7,14H,12H2. The third-order valence-corrected chi connectivity index (χ3v) is 2.43. The fourth-order valence-electron chi connectivity index (χ4n) is 1.79. The molecule has 0 radical (unpaired) electrons. The molecule has 0 spiro atoms. The molecular weight excluding hydrogens is 188 g/mol. The van der Waals surface area contributed by atoms with Crippen LogP contribution in [0.3, 0.4) is 0 Å². The van der Waals surface area contributed by atoms with Crippen LogP contribution in [-0.2, 0) is 0 Å². The van der Waals surface area contributed by atoms with Crippen molar-refractivity contribution < 1.29 is 0 Å². The van der Waals surface area contributed by atoms with Gasteiger partial charge in [-0.3, -0.25) is 9.89 Å². The Morgan fingerprint density at radius 2 is 2.27 bits per heavy atom. The van der Waals surface area contributed by atoms with Crippen LogP contribution in [-0.4, -0.2) is 6.21 Å². The van der Waals surface area contributed by atoms with Crippen LogP contribution in [0.25, 0.3) is 0 Å². The van der Waals surface area contributed by atoms with Crippen LogP contribution in [0.5, 0.6) is 0 Å². The van der Waals surface area contributed by atoms with Gasteiger partial charge < -0.3 is 11.1 Å². The van der Waals surface area contributed by atoms with Crippen molar-refractivity contribution in [2.75, 3.05) is 16.0 Å². The molecule has 1 aromatic rings. The van der Waals surface area contributed by atoms with Gasteiger partial charge in [0.1, 0.15) is 5.82 Å². The molecule has 74 valence electrons. The number of aliphatic imine (C=N–C) groups is 1. The van der Waals surface area contributed by atoms with E-state index >= 15 is 0 Å². The van der Waals surface area contributed by atoms with Gasteiger partial charge in [-0.25, -0.2) is 0 Å². The van der Waals surface area contributed by atoms with E-state index in [0.29, 0.717) is 0 Å². The molecule has 3 N–H and O–H groups in total. The topological polar surface area (TPSA) is 53.6 Å². The third-order valence-electron chi connectivity index (χ3n) is 2.43. The van der Waals surface area contributed by atoms with Gasteiger partial charge in [0.2, 0.25) is 0 Å². The van der Waals surface area contributed by atoms with Gasteiger partial charge in [0.15, 0.2) is 0 Å². The lowest BCUT2D eigenvalue weighted by Gasteiger charge is -2.14. The minimum atomic E-state index is 0.759. The van der Waals surface area contributed by atoms with Crippen molar-refractivity contribution in [3.8, 4) is 0 Å². The Hall–Kier alpha value is -2.23. The van der Waals surface area contributed by atoms with Crippen LogP contribution < -0.4 is 16.0 Å². The number of hydrogen-bond donors (Lipinski definition) is 2. The van der Waals surface area contributed by atoms with E-state index in [4.69, 9.17) is 5.73 Å². The number of hydrogen-bond acceptors (Lipinski definition) is 4. The molecule has 0 saturated heterocycles. The Bertz CT molecular complexity index is 499. The summed E-state index contributed by atoms with van der Waals surface area (Å²) >= 11 is 0. The Morgan fingerprint density at radius 3 is 3.20 bits per heavy atom. The van der Waals surface area contributed by atoms with Crippen molar-refractivity contribution in [1.29, 1.82) is 0 Å². The maximum absolute atomic E-state index is 5.95. The van der Waals surface area contributed by atoms with E-state index in [-0.39, 0.29) is 0 Å². The fourth-order valence-corrected chi connectivity index (χ4v) is 1.79. The molecule has 0 saturated carbocycles. The first-order valence-electron chi connectivity index (χ1n) is 4.71. The quantitative estimate of drug-likeness (QED) is 0.626. The SMILES string of the molecule is Nc1cccc2c1N1C=CC=NC=C1N2. The van der Waals surface area contributed by atoms with Gasteiger partial charge in [-0.2, -0.15) is 0 Å². The highest BCUT2D eigenvalue weighted by Gasteiger charge is 2.24. The molecule has 0 aromatic heterocycles. The molecule has 0 bridgehead atoms. The monoisotopic (exact) mass is 198 g/mol. The number of fused-ring (bicyclic) bond motifs is 3. The number of rotatable bonds is 0. The van der Waals surface area contributed by atoms with E-state index in [1.165, 1.54) is 0 Å². The Labute approximate surface area is 87.4 Å². The van der Waals surface area contributed by atoms with E-state index in [1.54, 1.807) is 12.4 Å². The first kappa shape index (κ1) is 8.11. The molecule has 4 heteroatoms. The number of benzene rings is 1. The first-order chi connectivity index (χ1) is 7.36. The van der Waals surface area contributed by atoms with E-state index in [9.17, 15) is 0 Å². The normalized spacial score (nSPS) is 16.5. The number of para-hydroxylation sites is 1.